The summed E-state index contributed by atoms with van der Waals surface area (Å²) in [5, 5.41) is 0. The minimum Gasteiger partial charge on any atom is -0.342 e. The SMILES string of the molecule is C/C=C(\C)CN1CCC2(CCCN(C(=O)CCC(C)C)C2)C1. The predicted octanol–water partition coefficient (Wildman–Crippen LogP) is 3.70. The first kappa shape index (κ1) is 17.5. The Morgan fingerprint density at radius 1 is 1.23 bits per heavy atom. The lowest BCUT2D eigenvalue weighted by Gasteiger charge is -2.40. The van der Waals surface area contributed by atoms with Crippen molar-refractivity contribution in [3.63, 3.8) is 0 Å². The summed E-state index contributed by atoms with van der Waals surface area (Å²) in [5.74, 6) is 1.00. The van der Waals surface area contributed by atoms with Crippen molar-refractivity contribution in [2.75, 3.05) is 32.7 Å². The van der Waals surface area contributed by atoms with Gasteiger partial charge in [0, 0.05) is 38.0 Å². The van der Waals surface area contributed by atoms with Crippen molar-refractivity contribution in [3.05, 3.63) is 11.6 Å². The maximum atomic E-state index is 12.5. The molecule has 3 nitrogen and oxygen atoms in total. The van der Waals surface area contributed by atoms with Crippen LogP contribution in [0.4, 0.5) is 0 Å². The van der Waals surface area contributed by atoms with Crippen LogP contribution in [0, 0.1) is 11.3 Å². The highest BCUT2D eigenvalue weighted by Gasteiger charge is 2.42. The summed E-state index contributed by atoms with van der Waals surface area (Å²) in [6.07, 6.45) is 7.71. The molecule has 1 atom stereocenters. The van der Waals surface area contributed by atoms with Gasteiger partial charge in [-0.1, -0.05) is 25.5 Å². The third-order valence-corrected chi connectivity index (χ3v) is 5.43. The fourth-order valence-corrected chi connectivity index (χ4v) is 3.93. The molecule has 0 aromatic rings. The zero-order valence-electron chi connectivity index (χ0n) is 15.0. The standard InChI is InChI=1S/C19H34N2O/c1-5-17(4)13-20-12-10-19(14-20)9-6-11-21(15-19)18(22)8-7-16(2)3/h5,16H,6-15H2,1-4H3/b17-5+. The third kappa shape index (κ3) is 4.58. The smallest absolute Gasteiger partial charge is 0.222 e. The molecule has 0 saturated carbocycles. The van der Waals surface area contributed by atoms with Crippen LogP contribution in [0.25, 0.3) is 0 Å². The summed E-state index contributed by atoms with van der Waals surface area (Å²) < 4.78 is 0. The monoisotopic (exact) mass is 306 g/mol. The van der Waals surface area contributed by atoms with Crippen LogP contribution < -0.4 is 0 Å². The van der Waals surface area contributed by atoms with Crippen LogP contribution in [0.2, 0.25) is 0 Å². The average molecular weight is 306 g/mol. The van der Waals surface area contributed by atoms with E-state index in [1.807, 2.05) is 0 Å². The van der Waals surface area contributed by atoms with Crippen molar-refractivity contribution in [2.24, 2.45) is 11.3 Å². The van der Waals surface area contributed by atoms with Gasteiger partial charge in [0.05, 0.1) is 0 Å². The van der Waals surface area contributed by atoms with Gasteiger partial charge in [0.1, 0.15) is 0 Å². The van der Waals surface area contributed by atoms with Crippen molar-refractivity contribution < 1.29 is 4.79 Å². The van der Waals surface area contributed by atoms with Crippen LogP contribution >= 0.6 is 0 Å². The summed E-state index contributed by atoms with van der Waals surface area (Å²) in [7, 11) is 0. The molecule has 22 heavy (non-hydrogen) atoms. The second-order valence-corrected chi connectivity index (χ2v) is 7.95. The number of piperidine rings is 1. The number of carbonyl (C=O) groups is 1. The van der Waals surface area contributed by atoms with E-state index in [1.54, 1.807) is 0 Å². The Morgan fingerprint density at radius 2 is 2.00 bits per heavy atom. The van der Waals surface area contributed by atoms with E-state index < -0.39 is 0 Å². The number of hydrogen-bond acceptors (Lipinski definition) is 2. The van der Waals surface area contributed by atoms with E-state index in [-0.39, 0.29) is 0 Å². The predicted molar refractivity (Wildman–Crippen MR) is 92.8 cm³/mol. The maximum Gasteiger partial charge on any atom is 0.222 e. The summed E-state index contributed by atoms with van der Waals surface area (Å²) in [5.41, 5.74) is 1.83. The second-order valence-electron chi connectivity index (χ2n) is 7.95. The van der Waals surface area contributed by atoms with Crippen molar-refractivity contribution in [3.8, 4) is 0 Å². The highest BCUT2D eigenvalue weighted by atomic mass is 16.2. The molecule has 0 aromatic heterocycles. The lowest BCUT2D eigenvalue weighted by Crippen LogP contribution is -2.47. The van der Waals surface area contributed by atoms with Gasteiger partial charge in [-0.2, -0.15) is 0 Å². The van der Waals surface area contributed by atoms with Gasteiger partial charge in [-0.3, -0.25) is 9.69 Å². The summed E-state index contributed by atoms with van der Waals surface area (Å²) in [6.45, 7) is 14.2. The van der Waals surface area contributed by atoms with Crippen LogP contribution in [-0.4, -0.2) is 48.4 Å². The van der Waals surface area contributed by atoms with Gasteiger partial charge in [-0.15, -0.1) is 0 Å². The quantitative estimate of drug-likeness (QED) is 0.723. The molecule has 126 valence electrons. The molecular formula is C19H34N2O. The molecule has 0 aromatic carbocycles. The number of amides is 1. The number of likely N-dealkylation sites (tertiary alicyclic amines) is 2. The van der Waals surface area contributed by atoms with Crippen LogP contribution in [-0.2, 0) is 4.79 Å². The maximum absolute atomic E-state index is 12.5. The minimum absolute atomic E-state index is 0.375. The molecule has 0 aliphatic carbocycles. The molecule has 2 rings (SSSR count). The van der Waals surface area contributed by atoms with E-state index in [9.17, 15) is 4.79 Å². The summed E-state index contributed by atoms with van der Waals surface area (Å²) >= 11 is 0. The van der Waals surface area contributed by atoms with Crippen LogP contribution in [0.15, 0.2) is 11.6 Å². The Morgan fingerprint density at radius 3 is 2.68 bits per heavy atom. The molecule has 2 fully saturated rings. The minimum atomic E-state index is 0.375. The number of carbonyl (C=O) groups excluding carboxylic acids is 1. The first-order valence-electron chi connectivity index (χ1n) is 9.06. The Balaban J connectivity index is 1.89. The number of rotatable bonds is 5. The van der Waals surface area contributed by atoms with Crippen molar-refractivity contribution in [2.45, 2.75) is 59.8 Å². The van der Waals surface area contributed by atoms with Crippen molar-refractivity contribution in [1.82, 2.24) is 9.80 Å². The molecule has 2 aliphatic heterocycles. The zero-order valence-corrected chi connectivity index (χ0v) is 15.0. The van der Waals surface area contributed by atoms with E-state index in [1.165, 1.54) is 37.9 Å². The fourth-order valence-electron chi connectivity index (χ4n) is 3.93. The van der Waals surface area contributed by atoms with Crippen molar-refractivity contribution >= 4 is 5.91 Å². The lowest BCUT2D eigenvalue weighted by atomic mass is 9.79. The van der Waals surface area contributed by atoms with Gasteiger partial charge >= 0.3 is 0 Å². The zero-order chi connectivity index (χ0) is 16.2. The number of allylic oxidation sites excluding steroid dienone is 1. The molecule has 2 heterocycles. The van der Waals surface area contributed by atoms with Crippen molar-refractivity contribution in [1.29, 1.82) is 0 Å². The number of hydrogen-bond donors (Lipinski definition) is 0. The molecule has 3 heteroatoms. The van der Waals surface area contributed by atoms with Crippen LogP contribution in [0.1, 0.15) is 59.8 Å². The molecule has 0 N–H and O–H groups in total. The largest absolute Gasteiger partial charge is 0.342 e. The lowest BCUT2D eigenvalue weighted by molar-refractivity contribution is -0.134. The van der Waals surface area contributed by atoms with E-state index in [0.717, 1.165) is 32.5 Å². The van der Waals surface area contributed by atoms with Gasteiger partial charge in [-0.05, 0) is 52.0 Å². The molecular weight excluding hydrogens is 272 g/mol. The topological polar surface area (TPSA) is 23.6 Å². The van der Waals surface area contributed by atoms with Gasteiger partial charge in [0.25, 0.3) is 0 Å². The molecule has 0 bridgehead atoms. The van der Waals surface area contributed by atoms with Crippen LogP contribution in [0.5, 0.6) is 0 Å². The molecule has 2 aliphatic rings. The van der Waals surface area contributed by atoms with E-state index in [4.69, 9.17) is 0 Å². The summed E-state index contributed by atoms with van der Waals surface area (Å²) in [6, 6.07) is 0. The summed E-state index contributed by atoms with van der Waals surface area (Å²) in [4.78, 5) is 17.2. The normalized spacial score (nSPS) is 27.1. The average Bonchev–Trinajstić information content (AvgIpc) is 2.86. The van der Waals surface area contributed by atoms with E-state index >= 15 is 0 Å². The molecule has 1 amide bonds. The molecule has 1 unspecified atom stereocenters. The Hall–Kier alpha value is -0.830. The first-order valence-corrected chi connectivity index (χ1v) is 9.06. The Bertz CT molecular complexity index is 416. The van der Waals surface area contributed by atoms with Gasteiger partial charge in [0.15, 0.2) is 0 Å². The van der Waals surface area contributed by atoms with E-state index in [2.05, 4.69) is 43.6 Å². The van der Waals surface area contributed by atoms with Gasteiger partial charge < -0.3 is 4.90 Å². The van der Waals surface area contributed by atoms with Gasteiger partial charge in [-0.25, -0.2) is 0 Å². The Labute approximate surface area is 136 Å². The van der Waals surface area contributed by atoms with Crippen LogP contribution in [0.3, 0.4) is 0 Å². The second kappa shape index (κ2) is 7.63. The highest BCUT2D eigenvalue weighted by molar-refractivity contribution is 5.76. The third-order valence-electron chi connectivity index (χ3n) is 5.43. The molecule has 0 radical (unpaired) electrons. The fraction of sp³-hybridized carbons (Fsp3) is 0.842. The highest BCUT2D eigenvalue weighted by Crippen LogP contribution is 2.39. The molecule has 1 spiro atoms. The van der Waals surface area contributed by atoms with Gasteiger partial charge in [0.2, 0.25) is 5.91 Å². The Kier molecular flexibility index (Phi) is 6.08. The van der Waals surface area contributed by atoms with E-state index in [0.29, 0.717) is 17.2 Å². The number of nitrogens with zero attached hydrogens (tertiary/aromatic N) is 2. The molecule has 2 saturated heterocycles. The first-order chi connectivity index (χ1) is 10.4.